The Morgan fingerprint density at radius 1 is 0.931 bits per heavy atom. The van der Waals surface area contributed by atoms with Crippen molar-refractivity contribution in [3.05, 3.63) is 41.7 Å². The van der Waals surface area contributed by atoms with Gasteiger partial charge in [-0.1, -0.05) is 95.0 Å². The van der Waals surface area contributed by atoms with Gasteiger partial charge in [0.15, 0.2) is 11.9 Å². The third-order valence-electron chi connectivity index (χ3n) is 5.08. The summed E-state index contributed by atoms with van der Waals surface area (Å²) < 4.78 is 5.22. The molecule has 6 heteroatoms. The topological polar surface area (TPSA) is 69.9 Å². The maximum absolute atomic E-state index is 12.4. The highest BCUT2D eigenvalue weighted by Gasteiger charge is 2.26. The molecule has 0 aliphatic rings. The van der Waals surface area contributed by atoms with Crippen molar-refractivity contribution in [2.45, 2.75) is 90.5 Å². The van der Waals surface area contributed by atoms with E-state index in [1.54, 1.807) is 6.92 Å². The lowest BCUT2D eigenvalue weighted by Gasteiger charge is -2.14. The SMILES string of the molecule is CCCCCCCCCCCCc1nnn(C(C(=O)OCC)c2ccccc2)n1. The zero-order valence-electron chi connectivity index (χ0n) is 18.1. The molecule has 160 valence electrons. The Bertz CT molecular complexity index is 687. The van der Waals surface area contributed by atoms with Crippen molar-refractivity contribution >= 4 is 5.97 Å². The van der Waals surface area contributed by atoms with Crippen LogP contribution < -0.4 is 0 Å². The van der Waals surface area contributed by atoms with Crippen molar-refractivity contribution in [3.8, 4) is 0 Å². The second kappa shape index (κ2) is 13.9. The molecule has 0 bridgehead atoms. The first kappa shape index (κ1) is 23.0. The van der Waals surface area contributed by atoms with Crippen LogP contribution in [-0.2, 0) is 16.0 Å². The summed E-state index contributed by atoms with van der Waals surface area (Å²) in [4.78, 5) is 13.8. The van der Waals surface area contributed by atoms with Crippen LogP contribution in [0.2, 0.25) is 0 Å². The van der Waals surface area contributed by atoms with Gasteiger partial charge in [0.25, 0.3) is 0 Å². The Labute approximate surface area is 175 Å². The van der Waals surface area contributed by atoms with Crippen LogP contribution in [-0.4, -0.2) is 32.8 Å². The molecular formula is C23H36N4O2. The van der Waals surface area contributed by atoms with E-state index in [-0.39, 0.29) is 5.97 Å². The van der Waals surface area contributed by atoms with E-state index in [1.165, 1.54) is 62.6 Å². The molecule has 2 aromatic rings. The van der Waals surface area contributed by atoms with E-state index in [4.69, 9.17) is 4.74 Å². The molecule has 29 heavy (non-hydrogen) atoms. The molecule has 0 saturated heterocycles. The van der Waals surface area contributed by atoms with Gasteiger partial charge in [-0.25, -0.2) is 4.79 Å². The van der Waals surface area contributed by atoms with Crippen molar-refractivity contribution < 1.29 is 9.53 Å². The summed E-state index contributed by atoms with van der Waals surface area (Å²) in [6.45, 7) is 4.37. The zero-order chi connectivity index (χ0) is 20.7. The first-order valence-electron chi connectivity index (χ1n) is 11.3. The molecule has 0 amide bonds. The number of hydrogen-bond donors (Lipinski definition) is 0. The van der Waals surface area contributed by atoms with Crippen LogP contribution in [0.1, 0.15) is 95.5 Å². The fourth-order valence-electron chi connectivity index (χ4n) is 3.46. The average Bonchev–Trinajstić information content (AvgIpc) is 3.19. The second-order valence-corrected chi connectivity index (χ2v) is 7.52. The van der Waals surface area contributed by atoms with E-state index < -0.39 is 6.04 Å². The second-order valence-electron chi connectivity index (χ2n) is 7.52. The molecule has 0 radical (unpaired) electrons. The maximum atomic E-state index is 12.4. The average molecular weight is 401 g/mol. The quantitative estimate of drug-likeness (QED) is 0.300. The largest absolute Gasteiger partial charge is 0.464 e. The molecule has 0 aliphatic heterocycles. The molecule has 1 aromatic carbocycles. The third kappa shape index (κ3) is 8.34. The minimum atomic E-state index is -0.690. The summed E-state index contributed by atoms with van der Waals surface area (Å²) in [6.07, 6.45) is 13.8. The van der Waals surface area contributed by atoms with Gasteiger partial charge in [0, 0.05) is 6.42 Å². The number of carbonyl (C=O) groups excluding carboxylic acids is 1. The summed E-state index contributed by atoms with van der Waals surface area (Å²) in [5, 5.41) is 12.7. The number of ether oxygens (including phenoxy) is 1. The van der Waals surface area contributed by atoms with Gasteiger partial charge in [0.2, 0.25) is 0 Å². The Morgan fingerprint density at radius 3 is 2.17 bits per heavy atom. The van der Waals surface area contributed by atoms with Crippen LogP contribution in [0.3, 0.4) is 0 Å². The van der Waals surface area contributed by atoms with Crippen LogP contribution in [0.5, 0.6) is 0 Å². The highest BCUT2D eigenvalue weighted by Crippen LogP contribution is 2.18. The molecule has 1 atom stereocenters. The predicted molar refractivity (Wildman–Crippen MR) is 115 cm³/mol. The van der Waals surface area contributed by atoms with Gasteiger partial charge in [0.05, 0.1) is 6.61 Å². The first-order valence-corrected chi connectivity index (χ1v) is 11.3. The van der Waals surface area contributed by atoms with Crippen molar-refractivity contribution in [3.63, 3.8) is 0 Å². The van der Waals surface area contributed by atoms with Gasteiger partial charge in [-0.05, 0) is 24.1 Å². The number of rotatable bonds is 15. The van der Waals surface area contributed by atoms with Crippen LogP contribution >= 0.6 is 0 Å². The molecule has 0 saturated carbocycles. The summed E-state index contributed by atoms with van der Waals surface area (Å²) >= 11 is 0. The molecule has 6 nitrogen and oxygen atoms in total. The third-order valence-corrected chi connectivity index (χ3v) is 5.08. The first-order chi connectivity index (χ1) is 14.3. The number of tetrazole rings is 1. The van der Waals surface area contributed by atoms with E-state index in [0.717, 1.165) is 18.4 Å². The van der Waals surface area contributed by atoms with Gasteiger partial charge in [-0.3, -0.25) is 0 Å². The van der Waals surface area contributed by atoms with Crippen molar-refractivity contribution in [1.82, 2.24) is 20.2 Å². The number of esters is 1. The lowest BCUT2D eigenvalue weighted by Crippen LogP contribution is -2.25. The van der Waals surface area contributed by atoms with Gasteiger partial charge in [-0.15, -0.1) is 15.0 Å². The van der Waals surface area contributed by atoms with Crippen LogP contribution in [0.15, 0.2) is 30.3 Å². The number of carbonyl (C=O) groups is 1. The van der Waals surface area contributed by atoms with E-state index in [2.05, 4.69) is 22.3 Å². The lowest BCUT2D eigenvalue weighted by atomic mass is 10.1. The summed E-state index contributed by atoms with van der Waals surface area (Å²) in [5.41, 5.74) is 0.800. The molecule has 2 rings (SSSR count). The number of unbranched alkanes of at least 4 members (excludes halogenated alkanes) is 9. The predicted octanol–water partition coefficient (Wildman–Crippen LogP) is 5.29. The monoisotopic (exact) mass is 400 g/mol. The number of hydrogen-bond acceptors (Lipinski definition) is 5. The molecule has 1 aromatic heterocycles. The van der Waals surface area contributed by atoms with Crippen molar-refractivity contribution in [2.75, 3.05) is 6.61 Å². The van der Waals surface area contributed by atoms with E-state index >= 15 is 0 Å². The highest BCUT2D eigenvalue weighted by molar-refractivity contribution is 5.77. The van der Waals surface area contributed by atoms with Crippen LogP contribution in [0.4, 0.5) is 0 Å². The normalized spacial score (nSPS) is 12.1. The highest BCUT2D eigenvalue weighted by atomic mass is 16.5. The Balaban J connectivity index is 1.76. The molecule has 0 N–H and O–H groups in total. The minimum absolute atomic E-state index is 0.322. The number of benzene rings is 1. The summed E-state index contributed by atoms with van der Waals surface area (Å²) in [5.74, 6) is 0.330. The van der Waals surface area contributed by atoms with Crippen molar-refractivity contribution in [2.24, 2.45) is 0 Å². The number of aryl methyl sites for hydroxylation is 1. The van der Waals surface area contributed by atoms with Crippen LogP contribution in [0, 0.1) is 0 Å². The minimum Gasteiger partial charge on any atom is -0.464 e. The van der Waals surface area contributed by atoms with E-state index in [0.29, 0.717) is 12.4 Å². The zero-order valence-corrected chi connectivity index (χ0v) is 18.1. The Kier molecular flexibility index (Phi) is 11.0. The van der Waals surface area contributed by atoms with Crippen molar-refractivity contribution in [1.29, 1.82) is 0 Å². The smallest absolute Gasteiger partial charge is 0.337 e. The maximum Gasteiger partial charge on any atom is 0.337 e. The Morgan fingerprint density at radius 2 is 1.55 bits per heavy atom. The van der Waals surface area contributed by atoms with Gasteiger partial charge in [-0.2, -0.15) is 0 Å². The van der Waals surface area contributed by atoms with Gasteiger partial charge in [0.1, 0.15) is 0 Å². The lowest BCUT2D eigenvalue weighted by molar-refractivity contribution is -0.146. The van der Waals surface area contributed by atoms with E-state index in [9.17, 15) is 4.79 Å². The number of aromatic nitrogens is 4. The number of nitrogens with zero attached hydrogens (tertiary/aromatic N) is 4. The fourth-order valence-corrected chi connectivity index (χ4v) is 3.46. The molecule has 0 spiro atoms. The standard InChI is InChI=1S/C23H36N4O2/c1-3-5-6-7-8-9-10-11-12-16-19-21-24-26-27(25-21)22(23(28)29-4-2)20-17-14-13-15-18-20/h13-15,17-18,22H,3-12,16,19H2,1-2H3. The molecule has 1 heterocycles. The fraction of sp³-hybridized carbons (Fsp3) is 0.652. The van der Waals surface area contributed by atoms with E-state index in [1.807, 2.05) is 30.3 Å². The molecular weight excluding hydrogens is 364 g/mol. The van der Waals surface area contributed by atoms with Gasteiger partial charge < -0.3 is 4.74 Å². The molecule has 1 unspecified atom stereocenters. The Hall–Kier alpha value is -2.24. The summed E-state index contributed by atoms with van der Waals surface area (Å²) in [7, 11) is 0. The van der Waals surface area contributed by atoms with Gasteiger partial charge >= 0.3 is 5.97 Å². The molecule has 0 aliphatic carbocycles. The molecule has 0 fully saturated rings. The van der Waals surface area contributed by atoms with Crippen LogP contribution in [0.25, 0.3) is 0 Å². The summed E-state index contributed by atoms with van der Waals surface area (Å²) in [6, 6.07) is 8.77.